The van der Waals surface area contributed by atoms with Crippen LogP contribution in [0.5, 0.6) is 0 Å². The minimum Gasteiger partial charge on any atom is -0.371 e. The molecule has 0 aromatic carbocycles. The van der Waals surface area contributed by atoms with Gasteiger partial charge in [0.05, 0.1) is 29.5 Å². The monoisotopic (exact) mass is 330 g/mol. The molecular weight excluding hydrogens is 304 g/mol. The van der Waals surface area contributed by atoms with Gasteiger partial charge in [-0.05, 0) is 18.8 Å². The summed E-state index contributed by atoms with van der Waals surface area (Å²) in [6.45, 7) is 8.09. The van der Waals surface area contributed by atoms with Crippen LogP contribution in [0.15, 0.2) is 18.6 Å². The maximum absolute atomic E-state index is 12.7. The molecule has 2 aromatic heterocycles. The topological polar surface area (TPSA) is 68.0 Å². The molecule has 1 fully saturated rings. The van der Waals surface area contributed by atoms with Crippen LogP contribution in [-0.4, -0.2) is 38.1 Å². The van der Waals surface area contributed by atoms with Gasteiger partial charge in [-0.1, -0.05) is 20.8 Å². The molecule has 0 saturated carbocycles. The molecule has 1 atom stereocenters. The molecule has 0 radical (unpaired) electrons. The maximum Gasteiger partial charge on any atom is 0.249 e. The first-order chi connectivity index (χ1) is 11.5. The number of carbonyl (C=O) groups is 1. The van der Waals surface area contributed by atoms with Gasteiger partial charge >= 0.3 is 0 Å². The third-order valence-electron chi connectivity index (χ3n) is 4.36. The number of hydrogen-bond acceptors (Lipinski definition) is 4. The molecule has 7 nitrogen and oxygen atoms in total. The number of hydrogen-bond donors (Lipinski definition) is 1. The van der Waals surface area contributed by atoms with Crippen molar-refractivity contribution in [2.75, 3.05) is 16.8 Å². The number of anilines is 2. The first kappa shape index (κ1) is 16.5. The summed E-state index contributed by atoms with van der Waals surface area (Å²) >= 11 is 0. The van der Waals surface area contributed by atoms with Gasteiger partial charge in [0.15, 0.2) is 0 Å². The van der Waals surface area contributed by atoms with Crippen molar-refractivity contribution in [1.29, 1.82) is 0 Å². The van der Waals surface area contributed by atoms with Gasteiger partial charge in [-0.2, -0.15) is 10.2 Å². The van der Waals surface area contributed by atoms with E-state index in [9.17, 15) is 4.79 Å². The van der Waals surface area contributed by atoms with Crippen LogP contribution < -0.4 is 10.2 Å². The fourth-order valence-corrected chi connectivity index (χ4v) is 3.21. The standard InChI is InChI=1S/C17H26N6O/c1-5-16-15(9-19-23(16)10-12(2)3)20-14-6-7-22(17(14)24)13-8-18-21(4)11-13/h8-9,11-12,14,20H,5-7,10H2,1-4H3. The molecule has 3 heterocycles. The van der Waals surface area contributed by atoms with E-state index in [1.165, 1.54) is 0 Å². The van der Waals surface area contributed by atoms with Crippen LogP contribution in [0.2, 0.25) is 0 Å². The fraction of sp³-hybridized carbons (Fsp3) is 0.588. The highest BCUT2D eigenvalue weighted by Crippen LogP contribution is 2.25. The number of rotatable bonds is 6. The van der Waals surface area contributed by atoms with E-state index in [1.54, 1.807) is 15.8 Å². The molecule has 7 heteroatoms. The summed E-state index contributed by atoms with van der Waals surface area (Å²) in [5, 5.41) is 12.1. The fourth-order valence-electron chi connectivity index (χ4n) is 3.21. The lowest BCUT2D eigenvalue weighted by Crippen LogP contribution is -2.33. The summed E-state index contributed by atoms with van der Waals surface area (Å²) < 4.78 is 3.76. The maximum atomic E-state index is 12.7. The molecule has 0 aliphatic carbocycles. The molecule has 24 heavy (non-hydrogen) atoms. The Labute approximate surface area is 142 Å². The first-order valence-electron chi connectivity index (χ1n) is 8.60. The molecule has 1 unspecified atom stereocenters. The normalized spacial score (nSPS) is 18.0. The Morgan fingerprint density at radius 2 is 2.12 bits per heavy atom. The van der Waals surface area contributed by atoms with E-state index in [0.29, 0.717) is 12.5 Å². The summed E-state index contributed by atoms with van der Waals surface area (Å²) in [4.78, 5) is 14.5. The van der Waals surface area contributed by atoms with Crippen LogP contribution in [0, 0.1) is 5.92 Å². The number of aromatic nitrogens is 4. The zero-order valence-corrected chi connectivity index (χ0v) is 14.9. The molecule has 2 aromatic rings. The average Bonchev–Trinajstić information content (AvgIpc) is 3.20. The van der Waals surface area contributed by atoms with Gasteiger partial charge in [-0.15, -0.1) is 0 Å². The van der Waals surface area contributed by atoms with Crippen molar-refractivity contribution in [3.63, 3.8) is 0 Å². The third kappa shape index (κ3) is 3.16. The van der Waals surface area contributed by atoms with Crippen molar-refractivity contribution in [1.82, 2.24) is 19.6 Å². The van der Waals surface area contributed by atoms with E-state index >= 15 is 0 Å². The summed E-state index contributed by atoms with van der Waals surface area (Å²) in [7, 11) is 1.86. The predicted octanol–water partition coefficient (Wildman–Crippen LogP) is 2.05. The van der Waals surface area contributed by atoms with Crippen LogP contribution in [0.1, 0.15) is 32.9 Å². The van der Waals surface area contributed by atoms with Gasteiger partial charge in [0, 0.05) is 26.3 Å². The molecule has 3 rings (SSSR count). The van der Waals surface area contributed by atoms with E-state index in [0.717, 1.165) is 36.5 Å². The largest absolute Gasteiger partial charge is 0.371 e. The van der Waals surface area contributed by atoms with Gasteiger partial charge in [0.1, 0.15) is 6.04 Å². The second-order valence-corrected chi connectivity index (χ2v) is 6.78. The summed E-state index contributed by atoms with van der Waals surface area (Å²) in [6, 6.07) is -0.202. The average molecular weight is 330 g/mol. The molecule has 0 bridgehead atoms. The minimum absolute atomic E-state index is 0.0988. The number of carbonyl (C=O) groups excluding carboxylic acids is 1. The van der Waals surface area contributed by atoms with E-state index in [-0.39, 0.29) is 11.9 Å². The van der Waals surface area contributed by atoms with E-state index in [2.05, 4.69) is 36.3 Å². The van der Waals surface area contributed by atoms with Crippen LogP contribution in [0.3, 0.4) is 0 Å². The Bertz CT molecular complexity index is 716. The minimum atomic E-state index is -0.202. The van der Waals surface area contributed by atoms with Crippen molar-refractivity contribution in [2.45, 2.75) is 46.2 Å². The van der Waals surface area contributed by atoms with E-state index in [4.69, 9.17) is 0 Å². The van der Waals surface area contributed by atoms with Gasteiger partial charge in [0.25, 0.3) is 0 Å². The number of nitrogens with one attached hydrogen (secondary N) is 1. The molecule has 1 amide bonds. The van der Waals surface area contributed by atoms with Crippen molar-refractivity contribution in [2.24, 2.45) is 13.0 Å². The third-order valence-corrected chi connectivity index (χ3v) is 4.36. The Balaban J connectivity index is 1.73. The summed E-state index contributed by atoms with van der Waals surface area (Å²) in [5.41, 5.74) is 3.00. The smallest absolute Gasteiger partial charge is 0.249 e. The van der Waals surface area contributed by atoms with E-state index in [1.807, 2.05) is 24.1 Å². The second-order valence-electron chi connectivity index (χ2n) is 6.78. The van der Waals surface area contributed by atoms with Crippen molar-refractivity contribution >= 4 is 17.3 Å². The zero-order chi connectivity index (χ0) is 17.3. The molecule has 1 aliphatic rings. The van der Waals surface area contributed by atoms with Crippen LogP contribution in [-0.2, 0) is 24.8 Å². The number of nitrogens with zero attached hydrogens (tertiary/aromatic N) is 5. The predicted molar refractivity (Wildman–Crippen MR) is 94.0 cm³/mol. The summed E-state index contributed by atoms with van der Waals surface area (Å²) in [5.74, 6) is 0.638. The lowest BCUT2D eigenvalue weighted by molar-refractivity contribution is -0.117. The van der Waals surface area contributed by atoms with Gasteiger partial charge in [-0.3, -0.25) is 14.2 Å². The van der Waals surface area contributed by atoms with E-state index < -0.39 is 0 Å². The van der Waals surface area contributed by atoms with Crippen molar-refractivity contribution in [3.05, 3.63) is 24.3 Å². The van der Waals surface area contributed by atoms with Crippen LogP contribution in [0.25, 0.3) is 0 Å². The number of aryl methyl sites for hydroxylation is 1. The van der Waals surface area contributed by atoms with Crippen molar-refractivity contribution < 1.29 is 4.79 Å². The van der Waals surface area contributed by atoms with Crippen LogP contribution in [0.4, 0.5) is 11.4 Å². The number of amides is 1. The highest BCUT2D eigenvalue weighted by Gasteiger charge is 2.33. The molecule has 1 saturated heterocycles. The summed E-state index contributed by atoms with van der Waals surface area (Å²) in [6.07, 6.45) is 7.13. The highest BCUT2D eigenvalue weighted by molar-refractivity contribution is 6.00. The Hall–Kier alpha value is -2.31. The molecule has 130 valence electrons. The second kappa shape index (κ2) is 6.67. The van der Waals surface area contributed by atoms with Gasteiger partial charge < -0.3 is 10.2 Å². The SMILES string of the molecule is CCc1c(NC2CCN(c3cnn(C)c3)C2=O)cnn1CC(C)C. The molecule has 1 aliphatic heterocycles. The molecule has 1 N–H and O–H groups in total. The highest BCUT2D eigenvalue weighted by atomic mass is 16.2. The Morgan fingerprint density at radius 1 is 1.33 bits per heavy atom. The lowest BCUT2D eigenvalue weighted by Gasteiger charge is -2.16. The van der Waals surface area contributed by atoms with Gasteiger partial charge in [-0.25, -0.2) is 0 Å². The zero-order valence-electron chi connectivity index (χ0n) is 14.9. The molecule has 0 spiro atoms. The lowest BCUT2D eigenvalue weighted by atomic mass is 10.2. The van der Waals surface area contributed by atoms with Crippen LogP contribution >= 0.6 is 0 Å². The quantitative estimate of drug-likeness (QED) is 0.880. The Morgan fingerprint density at radius 3 is 2.75 bits per heavy atom. The first-order valence-corrected chi connectivity index (χ1v) is 8.60. The molecular formula is C17H26N6O. The van der Waals surface area contributed by atoms with Gasteiger partial charge in [0.2, 0.25) is 5.91 Å². The Kier molecular flexibility index (Phi) is 4.59. The van der Waals surface area contributed by atoms with Crippen molar-refractivity contribution in [3.8, 4) is 0 Å².